The van der Waals surface area contributed by atoms with E-state index in [-0.39, 0.29) is 0 Å². The van der Waals surface area contributed by atoms with E-state index >= 15 is 0 Å². The minimum absolute atomic E-state index is 0.436. The highest BCUT2D eigenvalue weighted by molar-refractivity contribution is 7.13. The first-order chi connectivity index (χ1) is 11.4. The fraction of sp³-hybridized carbons (Fsp3) is 0.188. The molecule has 1 amide bonds. The Morgan fingerprint density at radius 1 is 1.17 bits per heavy atom. The Balaban J connectivity index is 1.81. The second-order valence-corrected chi connectivity index (χ2v) is 6.09. The Labute approximate surface area is 140 Å². The molecule has 2 aromatic rings. The molecule has 1 aromatic carbocycles. The van der Waals surface area contributed by atoms with E-state index < -0.39 is 48.0 Å². The Morgan fingerprint density at radius 2 is 1.92 bits per heavy atom. The van der Waals surface area contributed by atoms with Gasteiger partial charge in [0.1, 0.15) is 18.2 Å². The molecule has 0 spiro atoms. The number of Topliss-reactive ketones (excluding diaryl/α,β-unsaturated/α-hetero) is 1. The van der Waals surface area contributed by atoms with Gasteiger partial charge in [-0.25, -0.2) is 8.78 Å². The van der Waals surface area contributed by atoms with Crippen molar-refractivity contribution >= 4 is 29.0 Å². The number of carbonyl (C=O) groups excluding carboxylic acids is 3. The van der Waals surface area contributed by atoms with E-state index in [1.54, 1.807) is 12.1 Å². The number of ether oxygens (including phenoxy) is 1. The molecule has 24 heavy (non-hydrogen) atoms. The Morgan fingerprint density at radius 3 is 2.58 bits per heavy atom. The predicted molar refractivity (Wildman–Crippen MR) is 83.0 cm³/mol. The van der Waals surface area contributed by atoms with Crippen molar-refractivity contribution in [3.05, 3.63) is 57.3 Å². The number of benzene rings is 1. The molecule has 0 saturated carbocycles. The van der Waals surface area contributed by atoms with Crippen LogP contribution in [-0.2, 0) is 9.53 Å². The Kier molecular flexibility index (Phi) is 5.75. The van der Waals surface area contributed by atoms with Gasteiger partial charge in [-0.05, 0) is 37.3 Å². The van der Waals surface area contributed by atoms with Crippen LogP contribution in [-0.4, -0.2) is 30.8 Å². The highest BCUT2D eigenvalue weighted by atomic mass is 32.1. The summed E-state index contributed by atoms with van der Waals surface area (Å²) in [6.45, 7) is 0.661. The molecule has 0 fully saturated rings. The van der Waals surface area contributed by atoms with E-state index in [2.05, 4.69) is 10.1 Å². The number of nitrogens with one attached hydrogen (secondary N) is 1. The maximum absolute atomic E-state index is 13.4. The zero-order valence-electron chi connectivity index (χ0n) is 12.6. The summed E-state index contributed by atoms with van der Waals surface area (Å²) in [5.41, 5.74) is -0.499. The van der Waals surface area contributed by atoms with Crippen molar-refractivity contribution in [2.24, 2.45) is 0 Å². The highest BCUT2D eigenvalue weighted by Gasteiger charge is 2.16. The monoisotopic (exact) mass is 353 g/mol. The molecule has 2 rings (SSSR count). The van der Waals surface area contributed by atoms with Crippen LogP contribution < -0.4 is 5.32 Å². The number of hydrogen-bond acceptors (Lipinski definition) is 5. The van der Waals surface area contributed by atoms with E-state index in [1.165, 1.54) is 11.3 Å². The smallest absolute Gasteiger partial charge is 0.325 e. The number of hydrogen-bond donors (Lipinski definition) is 1. The van der Waals surface area contributed by atoms with Crippen molar-refractivity contribution in [1.82, 2.24) is 5.32 Å². The van der Waals surface area contributed by atoms with Gasteiger partial charge < -0.3 is 10.1 Å². The van der Waals surface area contributed by atoms with E-state index in [1.807, 2.05) is 6.92 Å². The maximum atomic E-state index is 13.4. The number of esters is 1. The summed E-state index contributed by atoms with van der Waals surface area (Å²) in [4.78, 5) is 36.4. The van der Waals surface area contributed by atoms with Crippen LogP contribution in [0.15, 0.2) is 30.3 Å². The quantitative estimate of drug-likeness (QED) is 0.640. The molecule has 1 aromatic heterocycles. The molecule has 0 bridgehead atoms. The van der Waals surface area contributed by atoms with Gasteiger partial charge in [-0.3, -0.25) is 14.4 Å². The van der Waals surface area contributed by atoms with Gasteiger partial charge in [0.25, 0.3) is 5.91 Å². The lowest BCUT2D eigenvalue weighted by molar-refractivity contribution is -0.141. The molecule has 0 aliphatic rings. The molecule has 1 heterocycles. The summed E-state index contributed by atoms with van der Waals surface area (Å²) in [7, 11) is 0. The average molecular weight is 353 g/mol. The van der Waals surface area contributed by atoms with E-state index in [0.29, 0.717) is 4.88 Å². The van der Waals surface area contributed by atoms with Crippen LogP contribution in [0.3, 0.4) is 0 Å². The number of rotatable bonds is 6. The average Bonchev–Trinajstić information content (AvgIpc) is 2.99. The molecule has 126 valence electrons. The molecular weight excluding hydrogens is 340 g/mol. The molecule has 0 atom stereocenters. The van der Waals surface area contributed by atoms with Crippen molar-refractivity contribution in [2.75, 3.05) is 13.2 Å². The minimum Gasteiger partial charge on any atom is -0.456 e. The van der Waals surface area contributed by atoms with E-state index in [4.69, 9.17) is 0 Å². The molecular formula is C16H13F2NO4S. The van der Waals surface area contributed by atoms with Gasteiger partial charge in [0.15, 0.2) is 6.61 Å². The second kappa shape index (κ2) is 7.78. The summed E-state index contributed by atoms with van der Waals surface area (Å²) < 4.78 is 31.1. The third-order valence-corrected chi connectivity index (χ3v) is 3.95. The second-order valence-electron chi connectivity index (χ2n) is 4.80. The van der Waals surface area contributed by atoms with Crippen molar-refractivity contribution in [3.63, 3.8) is 0 Å². The third-order valence-electron chi connectivity index (χ3n) is 2.95. The fourth-order valence-corrected chi connectivity index (χ4v) is 2.57. The number of carbonyl (C=O) groups is 3. The van der Waals surface area contributed by atoms with Crippen molar-refractivity contribution in [3.8, 4) is 0 Å². The maximum Gasteiger partial charge on any atom is 0.325 e. The molecule has 5 nitrogen and oxygen atoms in total. The molecule has 0 aliphatic heterocycles. The SMILES string of the molecule is Cc1ccc(C(=O)NCC(=O)OCC(=O)c2cc(F)ccc2F)s1. The van der Waals surface area contributed by atoms with Crippen LogP contribution >= 0.6 is 11.3 Å². The van der Waals surface area contributed by atoms with E-state index in [9.17, 15) is 23.2 Å². The van der Waals surface area contributed by atoms with Crippen LogP contribution in [0.1, 0.15) is 24.9 Å². The number of amides is 1. The summed E-state index contributed by atoms with van der Waals surface area (Å²) in [5, 5.41) is 2.35. The van der Waals surface area contributed by atoms with E-state index in [0.717, 1.165) is 23.1 Å². The van der Waals surface area contributed by atoms with Crippen LogP contribution in [0.5, 0.6) is 0 Å². The van der Waals surface area contributed by atoms with Crippen LogP contribution in [0.2, 0.25) is 0 Å². The minimum atomic E-state index is -0.904. The van der Waals surface area contributed by atoms with Gasteiger partial charge in [-0.15, -0.1) is 11.3 Å². The first kappa shape index (κ1) is 17.7. The summed E-state index contributed by atoms with van der Waals surface area (Å²) in [6.07, 6.45) is 0. The summed E-state index contributed by atoms with van der Waals surface area (Å²) in [5.74, 6) is -3.85. The zero-order valence-corrected chi connectivity index (χ0v) is 13.4. The molecule has 0 radical (unpaired) electrons. The number of halogens is 2. The highest BCUT2D eigenvalue weighted by Crippen LogP contribution is 2.14. The van der Waals surface area contributed by atoms with Gasteiger partial charge in [-0.2, -0.15) is 0 Å². The van der Waals surface area contributed by atoms with Crippen LogP contribution in [0, 0.1) is 18.6 Å². The van der Waals surface area contributed by atoms with Crippen LogP contribution in [0.25, 0.3) is 0 Å². The Hall–Kier alpha value is -2.61. The lowest BCUT2D eigenvalue weighted by Crippen LogP contribution is -2.31. The van der Waals surface area contributed by atoms with Crippen molar-refractivity contribution < 1.29 is 27.9 Å². The van der Waals surface area contributed by atoms with Gasteiger partial charge in [-0.1, -0.05) is 0 Å². The molecule has 0 saturated heterocycles. The predicted octanol–water partition coefficient (Wildman–Crippen LogP) is 2.49. The molecule has 8 heteroatoms. The fourth-order valence-electron chi connectivity index (χ4n) is 1.78. The molecule has 0 aliphatic carbocycles. The first-order valence-corrected chi connectivity index (χ1v) is 7.67. The number of ketones is 1. The normalized spacial score (nSPS) is 10.3. The molecule has 1 N–H and O–H groups in total. The van der Waals surface area contributed by atoms with Crippen molar-refractivity contribution in [1.29, 1.82) is 0 Å². The topological polar surface area (TPSA) is 72.5 Å². The number of aryl methyl sites for hydroxylation is 1. The lowest BCUT2D eigenvalue weighted by Gasteiger charge is -2.06. The van der Waals surface area contributed by atoms with Crippen molar-refractivity contribution in [2.45, 2.75) is 6.92 Å². The van der Waals surface area contributed by atoms with Gasteiger partial charge >= 0.3 is 5.97 Å². The largest absolute Gasteiger partial charge is 0.456 e. The van der Waals surface area contributed by atoms with Gasteiger partial charge in [0.2, 0.25) is 5.78 Å². The zero-order chi connectivity index (χ0) is 17.7. The first-order valence-electron chi connectivity index (χ1n) is 6.85. The Bertz CT molecular complexity index is 788. The number of thiophene rings is 1. The van der Waals surface area contributed by atoms with Gasteiger partial charge in [0, 0.05) is 4.88 Å². The lowest BCUT2D eigenvalue weighted by atomic mass is 10.1. The molecule has 0 unspecified atom stereocenters. The summed E-state index contributed by atoms with van der Waals surface area (Å²) >= 11 is 1.27. The summed E-state index contributed by atoms with van der Waals surface area (Å²) in [6, 6.07) is 5.81. The third kappa shape index (κ3) is 4.69. The van der Waals surface area contributed by atoms with Crippen LogP contribution in [0.4, 0.5) is 8.78 Å². The standard InChI is InChI=1S/C16H13F2NO4S/c1-9-2-5-14(24-9)16(22)19-7-15(21)23-8-13(20)11-6-10(17)3-4-12(11)18/h2-6H,7-8H2,1H3,(H,19,22). The van der Waals surface area contributed by atoms with Gasteiger partial charge in [0.05, 0.1) is 10.4 Å².